The topological polar surface area (TPSA) is 29.1 Å². The first-order valence-electron chi connectivity index (χ1n) is 7.40. The van der Waals surface area contributed by atoms with Gasteiger partial charge in [0, 0.05) is 16.2 Å². The van der Waals surface area contributed by atoms with Gasteiger partial charge in [-0.2, -0.15) is 0 Å². The number of nitrogens with one attached hydrogen (secondary N) is 1. The second kappa shape index (κ2) is 5.37. The first-order chi connectivity index (χ1) is 9.20. The van der Waals surface area contributed by atoms with E-state index in [0.29, 0.717) is 17.2 Å². The summed E-state index contributed by atoms with van der Waals surface area (Å²) in [6, 6.07) is 7.03. The van der Waals surface area contributed by atoms with E-state index in [4.69, 9.17) is 0 Å². The molecule has 0 amide bonds. The van der Waals surface area contributed by atoms with Crippen LogP contribution in [-0.2, 0) is 23.6 Å². The van der Waals surface area contributed by atoms with Gasteiger partial charge in [-0.3, -0.25) is 4.21 Å². The molecular formula is C16H23NOS. The lowest BCUT2D eigenvalue weighted by atomic mass is 10.1. The Kier molecular flexibility index (Phi) is 3.77. The molecule has 2 aliphatic rings. The number of hydrogen-bond acceptors (Lipinski definition) is 2. The highest BCUT2D eigenvalue weighted by molar-refractivity contribution is 7.85. The summed E-state index contributed by atoms with van der Waals surface area (Å²) in [6.45, 7) is 2.24. The van der Waals surface area contributed by atoms with Gasteiger partial charge in [0.25, 0.3) is 0 Å². The maximum Gasteiger partial charge on any atom is 0.0564 e. The predicted molar refractivity (Wildman–Crippen MR) is 79.9 cm³/mol. The highest BCUT2D eigenvalue weighted by atomic mass is 32.2. The molecule has 0 saturated heterocycles. The van der Waals surface area contributed by atoms with E-state index in [9.17, 15) is 4.21 Å². The van der Waals surface area contributed by atoms with Gasteiger partial charge in [0.05, 0.1) is 10.8 Å². The summed E-state index contributed by atoms with van der Waals surface area (Å²) in [7, 11) is 1.17. The SMILES string of the molecule is CNC1CCC(S(=O)c2ccc3c(c2)CCC3)C1C. The Labute approximate surface area is 118 Å². The largest absolute Gasteiger partial charge is 0.317 e. The molecule has 1 N–H and O–H groups in total. The molecule has 3 rings (SSSR count). The van der Waals surface area contributed by atoms with Gasteiger partial charge in [-0.15, -0.1) is 0 Å². The maximum absolute atomic E-state index is 12.8. The minimum atomic E-state index is -0.844. The van der Waals surface area contributed by atoms with Gasteiger partial charge in [0.2, 0.25) is 0 Å². The summed E-state index contributed by atoms with van der Waals surface area (Å²) in [5, 5.41) is 3.67. The fourth-order valence-electron chi connectivity index (χ4n) is 3.69. The Morgan fingerprint density at radius 1 is 1.21 bits per heavy atom. The molecule has 4 atom stereocenters. The van der Waals surface area contributed by atoms with Crippen LogP contribution in [0.15, 0.2) is 23.1 Å². The zero-order valence-electron chi connectivity index (χ0n) is 11.8. The molecule has 2 nitrogen and oxygen atoms in total. The van der Waals surface area contributed by atoms with Crippen molar-refractivity contribution in [2.24, 2.45) is 5.92 Å². The predicted octanol–water partition coefficient (Wildman–Crippen LogP) is 2.67. The number of hydrogen-bond donors (Lipinski definition) is 1. The van der Waals surface area contributed by atoms with E-state index in [-0.39, 0.29) is 0 Å². The van der Waals surface area contributed by atoms with Crippen LogP contribution in [0.4, 0.5) is 0 Å². The molecule has 0 heterocycles. The van der Waals surface area contributed by atoms with E-state index in [1.807, 2.05) is 7.05 Å². The van der Waals surface area contributed by atoms with E-state index >= 15 is 0 Å². The summed E-state index contributed by atoms with van der Waals surface area (Å²) in [5.41, 5.74) is 2.90. The zero-order valence-corrected chi connectivity index (χ0v) is 12.6. The Bertz CT molecular complexity index is 500. The summed E-state index contributed by atoms with van der Waals surface area (Å²) in [4.78, 5) is 1.05. The third-order valence-electron chi connectivity index (χ3n) is 4.93. The number of aryl methyl sites for hydroxylation is 2. The maximum atomic E-state index is 12.8. The standard InChI is InChI=1S/C16H23NOS/c1-11-15(17-2)8-9-16(11)19(18)14-7-6-12-4-3-5-13(12)10-14/h6-7,10-11,15-17H,3-5,8-9H2,1-2H3. The smallest absolute Gasteiger partial charge is 0.0564 e. The van der Waals surface area contributed by atoms with Crippen LogP contribution in [0.2, 0.25) is 0 Å². The molecule has 0 spiro atoms. The quantitative estimate of drug-likeness (QED) is 0.920. The third-order valence-corrected chi connectivity index (χ3v) is 6.86. The molecule has 19 heavy (non-hydrogen) atoms. The first-order valence-corrected chi connectivity index (χ1v) is 8.61. The van der Waals surface area contributed by atoms with Crippen LogP contribution in [0.25, 0.3) is 0 Å². The Balaban J connectivity index is 1.81. The van der Waals surface area contributed by atoms with Crippen LogP contribution in [0.3, 0.4) is 0 Å². The molecule has 2 aliphatic carbocycles. The van der Waals surface area contributed by atoms with E-state index in [1.165, 1.54) is 30.4 Å². The minimum Gasteiger partial charge on any atom is -0.317 e. The summed E-state index contributed by atoms with van der Waals surface area (Å²) < 4.78 is 12.8. The van der Waals surface area contributed by atoms with Gasteiger partial charge in [-0.05, 0) is 68.3 Å². The lowest BCUT2D eigenvalue weighted by molar-refractivity contribution is 0.460. The van der Waals surface area contributed by atoms with Gasteiger partial charge in [-0.1, -0.05) is 13.0 Å². The second-order valence-electron chi connectivity index (χ2n) is 5.95. The molecule has 1 fully saturated rings. The highest BCUT2D eigenvalue weighted by Gasteiger charge is 2.36. The number of fused-ring (bicyclic) bond motifs is 1. The van der Waals surface area contributed by atoms with Crippen LogP contribution in [-0.4, -0.2) is 22.5 Å². The molecule has 104 valence electrons. The summed E-state index contributed by atoms with van der Waals surface area (Å²) >= 11 is 0. The molecular weight excluding hydrogens is 254 g/mol. The number of benzene rings is 1. The Hall–Kier alpha value is -0.670. The van der Waals surface area contributed by atoms with Crippen molar-refractivity contribution in [2.75, 3.05) is 7.05 Å². The van der Waals surface area contributed by atoms with Gasteiger partial charge in [0.15, 0.2) is 0 Å². The van der Waals surface area contributed by atoms with Crippen molar-refractivity contribution in [3.05, 3.63) is 29.3 Å². The average Bonchev–Trinajstić information content (AvgIpc) is 3.03. The molecule has 1 saturated carbocycles. The van der Waals surface area contributed by atoms with Crippen molar-refractivity contribution < 1.29 is 4.21 Å². The van der Waals surface area contributed by atoms with Crippen LogP contribution >= 0.6 is 0 Å². The molecule has 4 unspecified atom stereocenters. The molecule has 0 aromatic heterocycles. The minimum absolute atomic E-state index is 0.317. The van der Waals surface area contributed by atoms with Gasteiger partial charge < -0.3 is 5.32 Å². The van der Waals surface area contributed by atoms with Crippen LogP contribution in [0.5, 0.6) is 0 Å². The zero-order chi connectivity index (χ0) is 13.4. The molecule has 3 heteroatoms. The third kappa shape index (κ3) is 2.38. The molecule has 1 aromatic rings. The fraction of sp³-hybridized carbons (Fsp3) is 0.625. The fourth-order valence-corrected chi connectivity index (χ4v) is 5.43. The highest BCUT2D eigenvalue weighted by Crippen LogP contribution is 2.33. The first kappa shape index (κ1) is 13.3. The van der Waals surface area contributed by atoms with Gasteiger partial charge >= 0.3 is 0 Å². The normalized spacial score (nSPS) is 31.4. The molecule has 0 bridgehead atoms. The lowest BCUT2D eigenvalue weighted by Crippen LogP contribution is -2.32. The van der Waals surface area contributed by atoms with Crippen LogP contribution in [0.1, 0.15) is 37.3 Å². The van der Waals surface area contributed by atoms with Gasteiger partial charge in [-0.25, -0.2) is 0 Å². The van der Waals surface area contributed by atoms with Crippen molar-refractivity contribution in [3.8, 4) is 0 Å². The van der Waals surface area contributed by atoms with Crippen molar-refractivity contribution in [1.29, 1.82) is 0 Å². The van der Waals surface area contributed by atoms with Crippen molar-refractivity contribution in [3.63, 3.8) is 0 Å². The van der Waals surface area contributed by atoms with Crippen molar-refractivity contribution in [2.45, 2.75) is 55.2 Å². The number of rotatable bonds is 3. The Morgan fingerprint density at radius 2 is 2.00 bits per heavy atom. The molecule has 0 radical (unpaired) electrons. The second-order valence-corrected chi connectivity index (χ2v) is 7.62. The summed E-state index contributed by atoms with van der Waals surface area (Å²) in [5.74, 6) is 0.499. The average molecular weight is 277 g/mol. The van der Waals surface area contributed by atoms with E-state index in [0.717, 1.165) is 17.7 Å². The van der Waals surface area contributed by atoms with Crippen molar-refractivity contribution in [1.82, 2.24) is 5.32 Å². The van der Waals surface area contributed by atoms with E-state index < -0.39 is 10.8 Å². The van der Waals surface area contributed by atoms with Gasteiger partial charge in [0.1, 0.15) is 0 Å². The summed E-state index contributed by atoms with van der Waals surface area (Å²) in [6.07, 6.45) is 5.85. The van der Waals surface area contributed by atoms with Crippen molar-refractivity contribution >= 4 is 10.8 Å². The van der Waals surface area contributed by atoms with E-state index in [2.05, 4.69) is 30.4 Å². The lowest BCUT2D eigenvalue weighted by Gasteiger charge is -2.20. The van der Waals surface area contributed by atoms with E-state index in [1.54, 1.807) is 0 Å². The van der Waals surface area contributed by atoms with Crippen LogP contribution < -0.4 is 5.32 Å². The molecule has 0 aliphatic heterocycles. The monoisotopic (exact) mass is 277 g/mol. The van der Waals surface area contributed by atoms with Crippen LogP contribution in [0, 0.1) is 5.92 Å². The molecule has 1 aromatic carbocycles. The Morgan fingerprint density at radius 3 is 2.74 bits per heavy atom.